The summed E-state index contributed by atoms with van der Waals surface area (Å²) in [4.78, 5) is 0. The maximum absolute atomic E-state index is 6.06. The lowest BCUT2D eigenvalue weighted by molar-refractivity contribution is 0.290. The summed E-state index contributed by atoms with van der Waals surface area (Å²) in [5.74, 6) is 1.48. The highest BCUT2D eigenvalue weighted by atomic mass is 16.5. The van der Waals surface area contributed by atoms with Gasteiger partial charge in [-0.1, -0.05) is 103 Å². The molecule has 0 spiro atoms. The van der Waals surface area contributed by atoms with Crippen molar-refractivity contribution in [2.75, 3.05) is 13.2 Å². The van der Waals surface area contributed by atoms with Crippen molar-refractivity contribution in [3.8, 4) is 22.9 Å². The molecule has 0 unspecified atom stereocenters. The average Bonchev–Trinajstić information content (AvgIpc) is 2.83. The average molecular weight is 441 g/mol. The molecule has 0 atom stereocenters. The second kappa shape index (κ2) is 17.5. The molecule has 1 aromatic heterocycles. The molecule has 0 radical (unpaired) electrons. The van der Waals surface area contributed by atoms with Gasteiger partial charge in [-0.25, -0.2) is 0 Å². The third-order valence-electron chi connectivity index (χ3n) is 5.81. The van der Waals surface area contributed by atoms with Crippen molar-refractivity contribution in [2.45, 2.75) is 104 Å². The number of hydrogen-bond donors (Lipinski definition) is 0. The van der Waals surface area contributed by atoms with Gasteiger partial charge in [0, 0.05) is 11.6 Å². The third kappa shape index (κ3) is 11.0. The van der Waals surface area contributed by atoms with E-state index >= 15 is 0 Å². The molecule has 4 heteroatoms. The van der Waals surface area contributed by atoms with Crippen molar-refractivity contribution in [1.29, 1.82) is 0 Å². The summed E-state index contributed by atoms with van der Waals surface area (Å²) in [6, 6.07) is 12.0. The number of ether oxygens (including phenoxy) is 2. The van der Waals surface area contributed by atoms with Crippen LogP contribution in [0.3, 0.4) is 0 Å². The molecule has 1 aromatic carbocycles. The number of benzene rings is 1. The predicted octanol–water partition coefficient (Wildman–Crippen LogP) is 8.40. The quantitative estimate of drug-likeness (QED) is 0.206. The van der Waals surface area contributed by atoms with Gasteiger partial charge in [-0.3, -0.25) is 0 Å². The SMILES string of the molecule is CCCCCCCCCCOc1ccc(-c2ccccc2OCCCCCCCC)nn1. The van der Waals surface area contributed by atoms with E-state index in [1.54, 1.807) is 0 Å². The van der Waals surface area contributed by atoms with Crippen LogP contribution in [0.25, 0.3) is 11.3 Å². The zero-order chi connectivity index (χ0) is 22.7. The Hall–Kier alpha value is -2.10. The van der Waals surface area contributed by atoms with Crippen LogP contribution in [0.5, 0.6) is 11.6 Å². The van der Waals surface area contributed by atoms with E-state index in [-0.39, 0.29) is 0 Å². The van der Waals surface area contributed by atoms with Crippen LogP contribution in [0.4, 0.5) is 0 Å². The Balaban J connectivity index is 1.69. The molecule has 32 heavy (non-hydrogen) atoms. The molecule has 4 nitrogen and oxygen atoms in total. The maximum Gasteiger partial charge on any atom is 0.233 e. The molecule has 0 bridgehead atoms. The number of hydrogen-bond acceptors (Lipinski definition) is 4. The highest BCUT2D eigenvalue weighted by Gasteiger charge is 2.08. The second-order valence-corrected chi connectivity index (χ2v) is 8.69. The number of rotatable bonds is 19. The minimum atomic E-state index is 0.599. The van der Waals surface area contributed by atoms with Gasteiger partial charge in [-0.2, -0.15) is 0 Å². The Morgan fingerprint density at radius 1 is 0.562 bits per heavy atom. The standard InChI is InChI=1S/C28H44N2O2/c1-3-5-7-9-11-12-14-18-24-32-28-22-21-26(29-30-28)25-19-15-16-20-27(25)31-23-17-13-10-8-6-4-2/h15-16,19-22H,3-14,17-18,23-24H2,1-2H3. The topological polar surface area (TPSA) is 44.2 Å². The van der Waals surface area contributed by atoms with Gasteiger partial charge in [0.25, 0.3) is 0 Å². The fraction of sp³-hybridized carbons (Fsp3) is 0.643. The molecule has 0 saturated heterocycles. The van der Waals surface area contributed by atoms with E-state index in [1.807, 2.05) is 36.4 Å². The largest absolute Gasteiger partial charge is 0.493 e. The van der Waals surface area contributed by atoms with Crippen molar-refractivity contribution in [3.05, 3.63) is 36.4 Å². The first-order chi connectivity index (χ1) is 15.8. The van der Waals surface area contributed by atoms with Crippen LogP contribution in [-0.4, -0.2) is 23.4 Å². The molecule has 0 saturated carbocycles. The molecule has 178 valence electrons. The Morgan fingerprint density at radius 3 is 1.72 bits per heavy atom. The van der Waals surface area contributed by atoms with Crippen LogP contribution in [0, 0.1) is 0 Å². The Kier molecular flexibility index (Phi) is 14.3. The Morgan fingerprint density at radius 2 is 1.12 bits per heavy atom. The monoisotopic (exact) mass is 440 g/mol. The highest BCUT2D eigenvalue weighted by molar-refractivity contribution is 5.66. The van der Waals surface area contributed by atoms with E-state index in [0.717, 1.165) is 36.5 Å². The van der Waals surface area contributed by atoms with Gasteiger partial charge in [0.2, 0.25) is 5.88 Å². The molecule has 0 amide bonds. The van der Waals surface area contributed by atoms with Crippen molar-refractivity contribution in [1.82, 2.24) is 10.2 Å². The molecule has 1 heterocycles. The summed E-state index contributed by atoms with van der Waals surface area (Å²) in [5.41, 5.74) is 1.81. The second-order valence-electron chi connectivity index (χ2n) is 8.69. The van der Waals surface area contributed by atoms with Gasteiger partial charge < -0.3 is 9.47 Å². The Labute approximate surface area is 196 Å². The molecule has 2 aromatic rings. The van der Waals surface area contributed by atoms with Crippen molar-refractivity contribution in [3.63, 3.8) is 0 Å². The van der Waals surface area contributed by atoms with E-state index in [1.165, 1.54) is 77.0 Å². The van der Waals surface area contributed by atoms with Crippen molar-refractivity contribution in [2.24, 2.45) is 0 Å². The van der Waals surface area contributed by atoms with Gasteiger partial charge in [0.05, 0.1) is 18.9 Å². The van der Waals surface area contributed by atoms with Crippen molar-refractivity contribution >= 4 is 0 Å². The first kappa shape index (κ1) is 26.2. The van der Waals surface area contributed by atoms with Gasteiger partial charge in [-0.05, 0) is 31.0 Å². The number of para-hydroxylation sites is 1. The van der Waals surface area contributed by atoms with Crippen molar-refractivity contribution < 1.29 is 9.47 Å². The summed E-state index contributed by atoms with van der Waals surface area (Å²) in [6.07, 6.45) is 17.9. The summed E-state index contributed by atoms with van der Waals surface area (Å²) < 4.78 is 11.8. The lowest BCUT2D eigenvalue weighted by Gasteiger charge is -2.11. The van der Waals surface area contributed by atoms with Gasteiger partial charge >= 0.3 is 0 Å². The van der Waals surface area contributed by atoms with Crippen LogP contribution in [0.1, 0.15) is 104 Å². The van der Waals surface area contributed by atoms with Gasteiger partial charge in [-0.15, -0.1) is 10.2 Å². The van der Waals surface area contributed by atoms with Crippen LogP contribution < -0.4 is 9.47 Å². The summed E-state index contributed by atoms with van der Waals surface area (Å²) in [7, 11) is 0. The number of aromatic nitrogens is 2. The van der Waals surface area contributed by atoms with Crippen LogP contribution in [0.15, 0.2) is 36.4 Å². The highest BCUT2D eigenvalue weighted by Crippen LogP contribution is 2.28. The normalized spacial score (nSPS) is 10.9. The first-order valence-electron chi connectivity index (χ1n) is 13.0. The molecule has 2 rings (SSSR count). The zero-order valence-electron chi connectivity index (χ0n) is 20.5. The van der Waals surface area contributed by atoms with E-state index in [4.69, 9.17) is 9.47 Å². The summed E-state index contributed by atoms with van der Waals surface area (Å²) in [6.45, 7) is 5.97. The fourth-order valence-corrected chi connectivity index (χ4v) is 3.82. The fourth-order valence-electron chi connectivity index (χ4n) is 3.82. The predicted molar refractivity (Wildman–Crippen MR) is 134 cm³/mol. The van der Waals surface area contributed by atoms with Crippen LogP contribution in [0.2, 0.25) is 0 Å². The van der Waals surface area contributed by atoms with Gasteiger partial charge in [0.15, 0.2) is 0 Å². The third-order valence-corrected chi connectivity index (χ3v) is 5.81. The number of unbranched alkanes of at least 4 members (excludes halogenated alkanes) is 12. The van der Waals surface area contributed by atoms with Crippen LogP contribution in [-0.2, 0) is 0 Å². The van der Waals surface area contributed by atoms with E-state index in [9.17, 15) is 0 Å². The van der Waals surface area contributed by atoms with E-state index in [0.29, 0.717) is 12.5 Å². The first-order valence-corrected chi connectivity index (χ1v) is 13.0. The molecule has 0 aliphatic rings. The van der Waals surface area contributed by atoms with Crippen LogP contribution >= 0.6 is 0 Å². The smallest absolute Gasteiger partial charge is 0.233 e. The van der Waals surface area contributed by atoms with E-state index in [2.05, 4.69) is 24.0 Å². The molecule has 0 aliphatic carbocycles. The lowest BCUT2D eigenvalue weighted by Crippen LogP contribution is -2.02. The maximum atomic E-state index is 6.06. The molecular formula is C28H44N2O2. The summed E-state index contributed by atoms with van der Waals surface area (Å²) in [5, 5.41) is 8.66. The number of nitrogens with zero attached hydrogens (tertiary/aromatic N) is 2. The van der Waals surface area contributed by atoms with Gasteiger partial charge in [0.1, 0.15) is 5.75 Å². The molecular weight excluding hydrogens is 396 g/mol. The lowest BCUT2D eigenvalue weighted by atomic mass is 10.1. The van der Waals surface area contributed by atoms with E-state index < -0.39 is 0 Å². The zero-order valence-corrected chi connectivity index (χ0v) is 20.5. The molecule has 0 fully saturated rings. The minimum Gasteiger partial charge on any atom is -0.493 e. The Bertz CT molecular complexity index is 703. The molecule has 0 N–H and O–H groups in total. The minimum absolute atomic E-state index is 0.599. The summed E-state index contributed by atoms with van der Waals surface area (Å²) >= 11 is 0. The molecule has 0 aliphatic heterocycles.